The van der Waals surface area contributed by atoms with Gasteiger partial charge in [0.15, 0.2) is 6.04 Å². The van der Waals surface area contributed by atoms with E-state index in [1.807, 2.05) is 5.32 Å². The van der Waals surface area contributed by atoms with Crippen molar-refractivity contribution in [1.82, 2.24) is 20.8 Å². The molecule has 13 heteroatoms. The summed E-state index contributed by atoms with van der Waals surface area (Å²) in [5.41, 5.74) is -0.209. The van der Waals surface area contributed by atoms with Crippen molar-refractivity contribution in [2.45, 2.75) is 32.5 Å². The lowest BCUT2D eigenvalue weighted by molar-refractivity contribution is -0.141. The van der Waals surface area contributed by atoms with Crippen LogP contribution < -0.4 is 10.6 Å². The molecule has 5 N–H and O–H groups in total. The fraction of sp³-hybridized carbons (Fsp3) is 0.312. The second-order valence-electron chi connectivity index (χ2n) is 5.54. The molecule has 29 heavy (non-hydrogen) atoms. The van der Waals surface area contributed by atoms with Crippen molar-refractivity contribution in [3.63, 3.8) is 0 Å². The molecule has 2 unspecified atom stereocenters. The van der Waals surface area contributed by atoms with E-state index in [1.165, 1.54) is 6.92 Å². The predicted octanol–water partition coefficient (Wildman–Crippen LogP) is 0.739. The van der Waals surface area contributed by atoms with Crippen molar-refractivity contribution in [2.24, 2.45) is 0 Å². The highest BCUT2D eigenvalue weighted by atomic mass is 19.1. The summed E-state index contributed by atoms with van der Waals surface area (Å²) in [6.45, 7) is 2.00. The van der Waals surface area contributed by atoms with E-state index in [9.17, 15) is 23.5 Å². The second kappa shape index (κ2) is 10.7. The Labute approximate surface area is 162 Å². The van der Waals surface area contributed by atoms with E-state index in [0.29, 0.717) is 0 Å². The Morgan fingerprint density at radius 2 is 1.86 bits per heavy atom. The summed E-state index contributed by atoms with van der Waals surface area (Å²) in [5.74, 6) is -4.00. The summed E-state index contributed by atoms with van der Waals surface area (Å²) in [6.07, 6.45) is -1.31. The molecule has 2 amide bonds. The fourth-order valence-electron chi connectivity index (χ4n) is 1.84. The zero-order chi connectivity index (χ0) is 22.1. The number of carbonyl (C=O) groups is 3. The maximum Gasteiger partial charge on any atom is 0.328 e. The molecule has 0 fully saturated rings. The minimum atomic E-state index is -1.50. The molecule has 1 heterocycles. The first-order valence-electron chi connectivity index (χ1n) is 7.94. The lowest BCUT2D eigenvalue weighted by Crippen LogP contribution is -2.51. The van der Waals surface area contributed by atoms with Crippen LogP contribution in [0.25, 0.3) is 11.4 Å². The molecule has 0 saturated heterocycles. The number of aliphatic carboxylic acids is 2. The lowest BCUT2D eigenvalue weighted by Gasteiger charge is -2.16. The SMILES string of the molecule is CC(=O)O.CC(O)C(NC(=O)NCc1nc(-c2cc(F)ccc2F)no1)C(=O)O. The third kappa shape index (κ3) is 7.88. The molecule has 2 aromatic rings. The van der Waals surface area contributed by atoms with E-state index in [0.717, 1.165) is 25.1 Å². The minimum Gasteiger partial charge on any atom is -0.481 e. The van der Waals surface area contributed by atoms with E-state index in [2.05, 4.69) is 15.5 Å². The first-order valence-corrected chi connectivity index (χ1v) is 7.94. The van der Waals surface area contributed by atoms with Gasteiger partial charge in [0.1, 0.15) is 11.6 Å². The molecule has 1 aromatic carbocycles. The van der Waals surface area contributed by atoms with Crippen LogP contribution >= 0.6 is 0 Å². The van der Waals surface area contributed by atoms with E-state index >= 15 is 0 Å². The topological polar surface area (TPSA) is 175 Å². The lowest BCUT2D eigenvalue weighted by atomic mass is 10.2. The molecular formula is C16H18F2N4O7. The number of carboxylic acids is 2. The van der Waals surface area contributed by atoms with Crippen molar-refractivity contribution >= 4 is 18.0 Å². The third-order valence-electron chi connectivity index (χ3n) is 3.07. The molecule has 2 rings (SSSR count). The van der Waals surface area contributed by atoms with Gasteiger partial charge in [0, 0.05) is 6.92 Å². The maximum atomic E-state index is 13.6. The Bertz CT molecular complexity index is 869. The van der Waals surface area contributed by atoms with E-state index in [4.69, 9.17) is 19.5 Å². The summed E-state index contributed by atoms with van der Waals surface area (Å²) in [6, 6.07) is 0.343. The predicted molar refractivity (Wildman–Crippen MR) is 91.4 cm³/mol. The fourth-order valence-corrected chi connectivity index (χ4v) is 1.84. The number of aromatic nitrogens is 2. The first kappa shape index (κ1) is 23.4. The molecule has 0 saturated carbocycles. The zero-order valence-electron chi connectivity index (χ0n) is 15.2. The Morgan fingerprint density at radius 3 is 2.41 bits per heavy atom. The number of hydrogen-bond donors (Lipinski definition) is 5. The zero-order valence-corrected chi connectivity index (χ0v) is 15.2. The van der Waals surface area contributed by atoms with E-state index in [1.54, 1.807) is 0 Å². The Hall–Kier alpha value is -3.61. The van der Waals surface area contributed by atoms with Gasteiger partial charge in [-0.1, -0.05) is 5.16 Å². The number of halogens is 2. The van der Waals surface area contributed by atoms with Gasteiger partial charge in [-0.25, -0.2) is 18.4 Å². The van der Waals surface area contributed by atoms with Crippen LogP contribution in [0.4, 0.5) is 13.6 Å². The van der Waals surface area contributed by atoms with Gasteiger partial charge in [-0.05, 0) is 25.1 Å². The van der Waals surface area contributed by atoms with Gasteiger partial charge in [-0.2, -0.15) is 4.98 Å². The van der Waals surface area contributed by atoms with Gasteiger partial charge >= 0.3 is 12.0 Å². The first-order chi connectivity index (χ1) is 13.5. The van der Waals surface area contributed by atoms with Gasteiger partial charge in [-0.3, -0.25) is 4.79 Å². The highest BCUT2D eigenvalue weighted by molar-refractivity contribution is 5.82. The number of rotatable bonds is 6. The van der Waals surface area contributed by atoms with E-state index < -0.39 is 41.7 Å². The standard InChI is InChI=1S/C14H14F2N4O5.C2H4O2/c1-6(21)11(13(22)23)19-14(24)17-5-10-18-12(20-25-10)8-4-7(15)2-3-9(8)16;1-2(3)4/h2-4,6,11,21H,5H2,1H3,(H,22,23)(H2,17,19,24);1H3,(H,3,4). The van der Waals surface area contributed by atoms with E-state index in [-0.39, 0.29) is 23.8 Å². The summed E-state index contributed by atoms with van der Waals surface area (Å²) < 4.78 is 31.6. The van der Waals surface area contributed by atoms with Crippen molar-refractivity contribution in [2.75, 3.05) is 0 Å². The number of benzene rings is 1. The number of hydrogen-bond acceptors (Lipinski definition) is 7. The van der Waals surface area contributed by atoms with Crippen molar-refractivity contribution in [3.8, 4) is 11.4 Å². The normalized spacial score (nSPS) is 12.2. The van der Waals surface area contributed by atoms with Crippen molar-refractivity contribution in [1.29, 1.82) is 0 Å². The number of aliphatic hydroxyl groups excluding tert-OH is 1. The molecule has 0 spiro atoms. The monoisotopic (exact) mass is 416 g/mol. The molecular weight excluding hydrogens is 398 g/mol. The largest absolute Gasteiger partial charge is 0.481 e. The molecule has 158 valence electrons. The molecule has 0 aliphatic carbocycles. The molecule has 1 aromatic heterocycles. The molecule has 0 bridgehead atoms. The van der Waals surface area contributed by atoms with Crippen LogP contribution in [0, 0.1) is 11.6 Å². The third-order valence-corrected chi connectivity index (χ3v) is 3.07. The summed E-state index contributed by atoms with van der Waals surface area (Å²) in [4.78, 5) is 35.3. The van der Waals surface area contributed by atoms with Crippen LogP contribution in [0.3, 0.4) is 0 Å². The summed E-state index contributed by atoms with van der Waals surface area (Å²) in [7, 11) is 0. The van der Waals surface area contributed by atoms with Gasteiger partial charge in [0.25, 0.3) is 5.97 Å². The van der Waals surface area contributed by atoms with Crippen LogP contribution in [0.5, 0.6) is 0 Å². The van der Waals surface area contributed by atoms with Crippen LogP contribution in [0.1, 0.15) is 19.7 Å². The Balaban J connectivity index is 0.000000960. The van der Waals surface area contributed by atoms with Gasteiger partial charge < -0.3 is 30.5 Å². The van der Waals surface area contributed by atoms with Gasteiger partial charge in [0.05, 0.1) is 18.2 Å². The maximum absolute atomic E-state index is 13.6. The quantitative estimate of drug-likeness (QED) is 0.455. The smallest absolute Gasteiger partial charge is 0.328 e. The number of nitrogens with one attached hydrogen (secondary N) is 2. The highest BCUT2D eigenvalue weighted by Gasteiger charge is 2.25. The Kier molecular flexibility index (Phi) is 8.61. The molecule has 0 aliphatic rings. The molecule has 0 radical (unpaired) electrons. The van der Waals surface area contributed by atoms with Gasteiger partial charge in [0.2, 0.25) is 11.7 Å². The minimum absolute atomic E-state index is 0.113. The average Bonchev–Trinajstić information content (AvgIpc) is 3.07. The number of carbonyl (C=O) groups excluding carboxylic acids is 1. The molecule has 0 aliphatic heterocycles. The molecule has 2 atom stereocenters. The van der Waals surface area contributed by atoms with Crippen molar-refractivity contribution in [3.05, 3.63) is 35.7 Å². The number of amides is 2. The van der Waals surface area contributed by atoms with Gasteiger partial charge in [-0.15, -0.1) is 0 Å². The highest BCUT2D eigenvalue weighted by Crippen LogP contribution is 2.20. The number of urea groups is 1. The second-order valence-corrected chi connectivity index (χ2v) is 5.54. The van der Waals surface area contributed by atoms with Crippen LogP contribution in [-0.4, -0.2) is 55.6 Å². The van der Waals surface area contributed by atoms with Crippen LogP contribution in [-0.2, 0) is 16.1 Å². The average molecular weight is 416 g/mol. The summed E-state index contributed by atoms with van der Waals surface area (Å²) in [5, 5.41) is 33.3. The number of aliphatic hydroxyl groups is 1. The Morgan fingerprint density at radius 1 is 1.24 bits per heavy atom. The summed E-state index contributed by atoms with van der Waals surface area (Å²) >= 11 is 0. The molecule has 11 nitrogen and oxygen atoms in total. The van der Waals surface area contributed by atoms with Crippen LogP contribution in [0.15, 0.2) is 22.7 Å². The van der Waals surface area contributed by atoms with Crippen molar-refractivity contribution < 1.29 is 43.0 Å². The number of carboxylic acid groups (broad SMARTS) is 2. The van der Waals surface area contributed by atoms with Crippen LogP contribution in [0.2, 0.25) is 0 Å². The number of nitrogens with zero attached hydrogens (tertiary/aromatic N) is 2.